The van der Waals surface area contributed by atoms with Gasteiger partial charge in [-0.05, 0) is 54.0 Å². The normalized spacial score (nSPS) is 15.0. The molecule has 0 unspecified atom stereocenters. The quantitative estimate of drug-likeness (QED) is 0.513. The summed E-state index contributed by atoms with van der Waals surface area (Å²) >= 11 is 1.66. The Labute approximate surface area is 175 Å². The molecule has 1 aliphatic carbocycles. The molecule has 0 radical (unpaired) electrons. The number of hydrogen-bond acceptors (Lipinski definition) is 7. The Hall–Kier alpha value is -2.42. The lowest BCUT2D eigenvalue weighted by Gasteiger charge is -2.25. The summed E-state index contributed by atoms with van der Waals surface area (Å²) in [5, 5.41) is 22.2. The first-order valence-corrected chi connectivity index (χ1v) is 11.3. The highest BCUT2D eigenvalue weighted by Crippen LogP contribution is 2.36. The molecule has 4 rings (SSSR count). The van der Waals surface area contributed by atoms with Crippen molar-refractivity contribution in [2.45, 2.75) is 68.9 Å². The van der Waals surface area contributed by atoms with Gasteiger partial charge in [-0.15, -0.1) is 15.3 Å². The molecule has 1 aromatic carbocycles. The largest absolute Gasteiger partial charge is 0.497 e. The highest BCUT2D eigenvalue weighted by Gasteiger charge is 2.24. The van der Waals surface area contributed by atoms with Crippen molar-refractivity contribution in [1.82, 2.24) is 35.0 Å². The molecule has 0 spiro atoms. The van der Waals surface area contributed by atoms with E-state index in [2.05, 4.69) is 49.3 Å². The van der Waals surface area contributed by atoms with Crippen LogP contribution in [0.3, 0.4) is 0 Å². The lowest BCUT2D eigenvalue weighted by Crippen LogP contribution is -2.15. The number of rotatable bonds is 8. The number of aryl methyl sites for hydroxylation is 1. The second-order valence-electron chi connectivity index (χ2n) is 7.30. The van der Waals surface area contributed by atoms with E-state index in [1.54, 1.807) is 18.9 Å². The molecule has 2 aromatic heterocycles. The minimum absolute atomic E-state index is 0.435. The highest BCUT2D eigenvalue weighted by atomic mass is 32.2. The first-order valence-electron chi connectivity index (χ1n) is 10.3. The number of methoxy groups -OCH3 is 1. The zero-order valence-corrected chi connectivity index (χ0v) is 17.8. The molecule has 0 amide bonds. The van der Waals surface area contributed by atoms with Crippen LogP contribution < -0.4 is 4.74 Å². The predicted octanol–water partition coefficient (Wildman–Crippen LogP) is 4.15. The van der Waals surface area contributed by atoms with Crippen LogP contribution in [0.15, 0.2) is 29.4 Å². The van der Waals surface area contributed by atoms with Crippen LogP contribution in [-0.2, 0) is 12.3 Å². The van der Waals surface area contributed by atoms with Crippen molar-refractivity contribution in [1.29, 1.82) is 0 Å². The molecule has 1 saturated carbocycles. The van der Waals surface area contributed by atoms with Crippen LogP contribution in [0.25, 0.3) is 11.4 Å². The van der Waals surface area contributed by atoms with E-state index in [1.165, 1.54) is 32.1 Å². The van der Waals surface area contributed by atoms with E-state index in [1.807, 2.05) is 16.8 Å². The standard InChI is InChI=1S/C20H27N7OS/c1-3-13-26-18(21-24-25-26)14-29-20-23-22-19(15-9-11-17(28-2)12-10-15)27(20)16-7-5-4-6-8-16/h9-12,16H,3-8,13-14H2,1-2H3. The summed E-state index contributed by atoms with van der Waals surface area (Å²) in [6.07, 6.45) is 7.16. The van der Waals surface area contributed by atoms with E-state index in [0.29, 0.717) is 11.8 Å². The molecule has 1 aliphatic rings. The van der Waals surface area contributed by atoms with Gasteiger partial charge in [-0.1, -0.05) is 37.9 Å². The van der Waals surface area contributed by atoms with Crippen LogP contribution in [0, 0.1) is 0 Å². The van der Waals surface area contributed by atoms with Gasteiger partial charge < -0.3 is 4.74 Å². The molecule has 0 N–H and O–H groups in total. The Morgan fingerprint density at radius 1 is 1.07 bits per heavy atom. The fraction of sp³-hybridized carbons (Fsp3) is 0.550. The van der Waals surface area contributed by atoms with Gasteiger partial charge in [0.1, 0.15) is 5.75 Å². The number of nitrogens with zero attached hydrogens (tertiary/aromatic N) is 7. The molecule has 8 nitrogen and oxygen atoms in total. The second-order valence-corrected chi connectivity index (χ2v) is 8.25. The van der Waals surface area contributed by atoms with Crippen LogP contribution in [0.2, 0.25) is 0 Å². The molecule has 9 heteroatoms. The smallest absolute Gasteiger partial charge is 0.192 e. The van der Waals surface area contributed by atoms with Crippen molar-refractivity contribution in [2.24, 2.45) is 0 Å². The van der Waals surface area contributed by atoms with E-state index in [-0.39, 0.29) is 0 Å². The Kier molecular flexibility index (Phi) is 6.43. The summed E-state index contributed by atoms with van der Waals surface area (Å²) in [7, 11) is 1.68. The van der Waals surface area contributed by atoms with Crippen LogP contribution in [-0.4, -0.2) is 42.1 Å². The van der Waals surface area contributed by atoms with Gasteiger partial charge in [-0.2, -0.15) is 0 Å². The van der Waals surface area contributed by atoms with E-state index in [9.17, 15) is 0 Å². The van der Waals surface area contributed by atoms with Gasteiger partial charge in [-0.25, -0.2) is 4.68 Å². The molecule has 0 atom stereocenters. The molecule has 2 heterocycles. The average Bonchev–Trinajstić information content (AvgIpc) is 3.40. The average molecular weight is 414 g/mol. The maximum atomic E-state index is 5.30. The summed E-state index contributed by atoms with van der Waals surface area (Å²) in [6.45, 7) is 2.95. The minimum Gasteiger partial charge on any atom is -0.497 e. The Morgan fingerprint density at radius 2 is 1.86 bits per heavy atom. The third-order valence-corrected chi connectivity index (χ3v) is 6.26. The molecule has 0 aliphatic heterocycles. The van der Waals surface area contributed by atoms with Gasteiger partial charge >= 0.3 is 0 Å². The topological polar surface area (TPSA) is 83.5 Å². The van der Waals surface area contributed by atoms with Crippen molar-refractivity contribution in [3.05, 3.63) is 30.1 Å². The molecule has 154 valence electrons. The molecular weight excluding hydrogens is 386 g/mol. The first-order chi connectivity index (χ1) is 14.3. The summed E-state index contributed by atoms with van der Waals surface area (Å²) in [5.41, 5.74) is 1.06. The van der Waals surface area contributed by atoms with Crippen LogP contribution in [0.1, 0.15) is 57.3 Å². The van der Waals surface area contributed by atoms with Gasteiger partial charge in [-0.3, -0.25) is 4.57 Å². The third-order valence-electron chi connectivity index (χ3n) is 5.32. The zero-order valence-electron chi connectivity index (χ0n) is 17.0. The summed E-state index contributed by atoms with van der Waals surface area (Å²) in [4.78, 5) is 0. The number of hydrogen-bond donors (Lipinski definition) is 0. The number of thioether (sulfide) groups is 1. The monoisotopic (exact) mass is 413 g/mol. The molecule has 1 fully saturated rings. The van der Waals surface area contributed by atoms with E-state index < -0.39 is 0 Å². The van der Waals surface area contributed by atoms with Gasteiger partial charge in [0.15, 0.2) is 16.8 Å². The summed E-state index contributed by atoms with van der Waals surface area (Å²) in [6, 6.07) is 8.49. The van der Waals surface area contributed by atoms with Crippen LogP contribution in [0.5, 0.6) is 5.75 Å². The Morgan fingerprint density at radius 3 is 2.59 bits per heavy atom. The third kappa shape index (κ3) is 4.44. The van der Waals surface area contributed by atoms with Crippen LogP contribution >= 0.6 is 11.8 Å². The van der Waals surface area contributed by atoms with Crippen molar-refractivity contribution in [3.63, 3.8) is 0 Å². The SMILES string of the molecule is CCCn1nnnc1CSc1nnc(-c2ccc(OC)cc2)n1C1CCCCC1. The van der Waals surface area contributed by atoms with Crippen molar-refractivity contribution in [3.8, 4) is 17.1 Å². The van der Waals surface area contributed by atoms with E-state index >= 15 is 0 Å². The van der Waals surface area contributed by atoms with Gasteiger partial charge in [0.2, 0.25) is 0 Å². The van der Waals surface area contributed by atoms with Crippen LogP contribution in [0.4, 0.5) is 0 Å². The second kappa shape index (κ2) is 9.39. The Balaban J connectivity index is 1.62. The van der Waals surface area contributed by atoms with E-state index in [4.69, 9.17) is 4.74 Å². The fourth-order valence-electron chi connectivity index (χ4n) is 3.82. The maximum absolute atomic E-state index is 5.30. The molecule has 0 saturated heterocycles. The fourth-order valence-corrected chi connectivity index (χ4v) is 4.76. The van der Waals surface area contributed by atoms with Crippen molar-refractivity contribution < 1.29 is 4.74 Å². The summed E-state index contributed by atoms with van der Waals surface area (Å²) < 4.78 is 9.51. The minimum atomic E-state index is 0.435. The summed E-state index contributed by atoms with van der Waals surface area (Å²) in [5.74, 6) is 3.33. The van der Waals surface area contributed by atoms with Crippen molar-refractivity contribution >= 4 is 11.8 Å². The first kappa shape index (κ1) is 19.9. The Bertz CT molecular complexity index is 915. The zero-order chi connectivity index (χ0) is 20.1. The van der Waals surface area contributed by atoms with Gasteiger partial charge in [0, 0.05) is 18.2 Å². The lowest BCUT2D eigenvalue weighted by atomic mass is 9.95. The number of ether oxygens (including phenoxy) is 1. The number of tetrazole rings is 1. The number of aromatic nitrogens is 7. The maximum Gasteiger partial charge on any atom is 0.192 e. The van der Waals surface area contributed by atoms with Gasteiger partial charge in [0.05, 0.1) is 12.9 Å². The van der Waals surface area contributed by atoms with E-state index in [0.717, 1.165) is 41.1 Å². The highest BCUT2D eigenvalue weighted by molar-refractivity contribution is 7.98. The molecular formula is C20H27N7OS. The predicted molar refractivity (Wildman–Crippen MR) is 112 cm³/mol. The molecule has 3 aromatic rings. The lowest BCUT2D eigenvalue weighted by molar-refractivity contribution is 0.339. The van der Waals surface area contributed by atoms with Crippen molar-refractivity contribution in [2.75, 3.05) is 7.11 Å². The van der Waals surface area contributed by atoms with Gasteiger partial charge in [0.25, 0.3) is 0 Å². The molecule has 0 bridgehead atoms. The molecule has 29 heavy (non-hydrogen) atoms. The number of benzene rings is 1.